The van der Waals surface area contributed by atoms with Gasteiger partial charge in [-0.25, -0.2) is 0 Å². The quantitative estimate of drug-likeness (QED) is 0.400. The summed E-state index contributed by atoms with van der Waals surface area (Å²) in [5, 5.41) is 0. The molecule has 0 fully saturated rings. The number of allylic oxidation sites excluding steroid dienone is 2. The van der Waals surface area contributed by atoms with Gasteiger partial charge in [0.2, 0.25) is 0 Å². The molecule has 1 aliphatic carbocycles. The topological polar surface area (TPSA) is 0 Å². The molecule has 0 aliphatic heterocycles. The van der Waals surface area contributed by atoms with Crippen molar-refractivity contribution in [2.45, 2.75) is 33.6 Å². The standard InChI is InChI=1S/C9H15/c1-4-5-6-8-7-9(8,2)3/h5,7H,4,6H2,1-3H3/q-1. The van der Waals surface area contributed by atoms with Crippen molar-refractivity contribution in [3.05, 3.63) is 18.1 Å². The summed E-state index contributed by atoms with van der Waals surface area (Å²) in [6.45, 7) is 6.73. The monoisotopic (exact) mass is 123 g/mol. The molecule has 0 aromatic heterocycles. The fourth-order valence-electron chi connectivity index (χ4n) is 1.02. The van der Waals surface area contributed by atoms with Gasteiger partial charge in [-0.3, -0.25) is 0 Å². The molecule has 0 unspecified atom stereocenters. The molecule has 0 nitrogen and oxygen atoms in total. The SMILES string of the molecule is CC[CH-]CC1=CC1(C)C. The highest BCUT2D eigenvalue weighted by Crippen LogP contribution is 2.45. The van der Waals surface area contributed by atoms with Crippen molar-refractivity contribution in [1.82, 2.24) is 0 Å². The van der Waals surface area contributed by atoms with Crippen LogP contribution in [0.4, 0.5) is 0 Å². The van der Waals surface area contributed by atoms with Crippen molar-refractivity contribution >= 4 is 0 Å². The minimum absolute atomic E-state index is 0.478. The van der Waals surface area contributed by atoms with E-state index in [1.54, 1.807) is 5.57 Å². The molecule has 1 rings (SSSR count). The number of hydrogen-bond acceptors (Lipinski definition) is 0. The molecule has 0 amide bonds. The smallest absolute Gasteiger partial charge is 0.00111 e. The van der Waals surface area contributed by atoms with Crippen LogP contribution in [0.15, 0.2) is 11.6 Å². The Labute approximate surface area is 58.0 Å². The molecular weight excluding hydrogens is 108 g/mol. The van der Waals surface area contributed by atoms with Crippen LogP contribution in [0.2, 0.25) is 0 Å². The van der Waals surface area contributed by atoms with Crippen LogP contribution >= 0.6 is 0 Å². The van der Waals surface area contributed by atoms with Crippen molar-refractivity contribution < 1.29 is 0 Å². The average molecular weight is 123 g/mol. The molecule has 0 saturated heterocycles. The number of rotatable bonds is 3. The molecule has 0 aromatic rings. The average Bonchev–Trinajstić information content (AvgIpc) is 2.35. The lowest BCUT2D eigenvalue weighted by Crippen LogP contribution is -1.89. The lowest BCUT2D eigenvalue weighted by Gasteiger charge is -2.08. The number of unbranched alkanes of at least 4 members (excludes halogenated alkanes) is 1. The highest BCUT2D eigenvalue weighted by Gasteiger charge is 2.29. The largest absolute Gasteiger partial charge is 0.325 e. The van der Waals surface area contributed by atoms with Crippen molar-refractivity contribution in [2.75, 3.05) is 0 Å². The first-order valence-corrected chi connectivity index (χ1v) is 3.70. The van der Waals surface area contributed by atoms with Gasteiger partial charge in [-0.1, -0.05) is 32.4 Å². The third-order valence-electron chi connectivity index (χ3n) is 1.93. The summed E-state index contributed by atoms with van der Waals surface area (Å²) in [7, 11) is 0. The first-order valence-electron chi connectivity index (χ1n) is 3.70. The molecule has 0 aromatic carbocycles. The van der Waals surface area contributed by atoms with Gasteiger partial charge < -0.3 is 6.42 Å². The van der Waals surface area contributed by atoms with Gasteiger partial charge >= 0.3 is 0 Å². The Morgan fingerprint density at radius 2 is 2.11 bits per heavy atom. The van der Waals surface area contributed by atoms with E-state index in [-0.39, 0.29) is 0 Å². The third-order valence-corrected chi connectivity index (χ3v) is 1.93. The normalized spacial score (nSPS) is 21.4. The molecule has 0 saturated carbocycles. The fraction of sp³-hybridized carbons (Fsp3) is 0.667. The van der Waals surface area contributed by atoms with E-state index in [1.165, 1.54) is 12.8 Å². The molecule has 0 radical (unpaired) electrons. The van der Waals surface area contributed by atoms with E-state index in [1.807, 2.05) is 0 Å². The minimum Gasteiger partial charge on any atom is -0.325 e. The van der Waals surface area contributed by atoms with Crippen LogP contribution in [0.3, 0.4) is 0 Å². The summed E-state index contributed by atoms with van der Waals surface area (Å²) in [6.07, 6.45) is 7.09. The van der Waals surface area contributed by atoms with E-state index in [0.717, 1.165) is 0 Å². The maximum absolute atomic E-state index is 2.35. The van der Waals surface area contributed by atoms with Crippen molar-refractivity contribution in [3.63, 3.8) is 0 Å². The van der Waals surface area contributed by atoms with Gasteiger partial charge in [-0.15, -0.1) is 0 Å². The van der Waals surface area contributed by atoms with Gasteiger partial charge in [0.15, 0.2) is 0 Å². The van der Waals surface area contributed by atoms with Crippen LogP contribution in [-0.2, 0) is 0 Å². The summed E-state index contributed by atoms with van der Waals surface area (Å²) in [5.74, 6) is 0. The van der Waals surface area contributed by atoms with E-state index in [9.17, 15) is 0 Å². The Bertz CT molecular complexity index is 129. The second-order valence-electron chi connectivity index (χ2n) is 3.29. The van der Waals surface area contributed by atoms with Crippen LogP contribution in [0.1, 0.15) is 33.6 Å². The Hall–Kier alpha value is -0.260. The highest BCUT2D eigenvalue weighted by molar-refractivity contribution is 5.36. The van der Waals surface area contributed by atoms with Crippen molar-refractivity contribution in [2.24, 2.45) is 5.41 Å². The molecule has 1 aliphatic rings. The summed E-state index contributed by atoms with van der Waals surface area (Å²) >= 11 is 0. The summed E-state index contributed by atoms with van der Waals surface area (Å²) < 4.78 is 0. The highest BCUT2D eigenvalue weighted by atomic mass is 14.4. The zero-order valence-corrected chi connectivity index (χ0v) is 6.57. The van der Waals surface area contributed by atoms with Gasteiger partial charge in [0.05, 0.1) is 0 Å². The van der Waals surface area contributed by atoms with Crippen LogP contribution < -0.4 is 0 Å². The maximum Gasteiger partial charge on any atom is 0.00111 e. The van der Waals surface area contributed by atoms with E-state index in [2.05, 4.69) is 33.3 Å². The first-order chi connectivity index (χ1) is 4.17. The van der Waals surface area contributed by atoms with Crippen LogP contribution in [-0.4, -0.2) is 0 Å². The molecule has 52 valence electrons. The Morgan fingerprint density at radius 1 is 1.56 bits per heavy atom. The molecule has 0 heteroatoms. The van der Waals surface area contributed by atoms with Crippen molar-refractivity contribution in [1.29, 1.82) is 0 Å². The summed E-state index contributed by atoms with van der Waals surface area (Å²) in [5.41, 5.74) is 2.09. The summed E-state index contributed by atoms with van der Waals surface area (Å²) in [6, 6.07) is 0. The van der Waals surface area contributed by atoms with E-state index >= 15 is 0 Å². The van der Waals surface area contributed by atoms with Crippen LogP contribution in [0, 0.1) is 11.8 Å². The van der Waals surface area contributed by atoms with Crippen molar-refractivity contribution in [3.8, 4) is 0 Å². The Balaban J connectivity index is 2.12. The Kier molecular flexibility index (Phi) is 1.65. The zero-order chi connectivity index (χ0) is 6.91. The predicted molar refractivity (Wildman–Crippen MR) is 41.1 cm³/mol. The maximum atomic E-state index is 2.35. The zero-order valence-electron chi connectivity index (χ0n) is 6.57. The molecule has 0 N–H and O–H groups in total. The van der Waals surface area contributed by atoms with E-state index in [0.29, 0.717) is 5.41 Å². The molecule has 0 heterocycles. The summed E-state index contributed by atoms with van der Waals surface area (Å²) in [4.78, 5) is 0. The fourth-order valence-corrected chi connectivity index (χ4v) is 1.02. The molecular formula is C9H15-. The second-order valence-corrected chi connectivity index (χ2v) is 3.29. The van der Waals surface area contributed by atoms with E-state index in [4.69, 9.17) is 0 Å². The van der Waals surface area contributed by atoms with Crippen LogP contribution in [0.25, 0.3) is 0 Å². The lowest BCUT2D eigenvalue weighted by molar-refractivity contribution is 0.681. The Morgan fingerprint density at radius 3 is 2.44 bits per heavy atom. The molecule has 0 spiro atoms. The number of hydrogen-bond donors (Lipinski definition) is 0. The molecule has 0 atom stereocenters. The first kappa shape index (κ1) is 6.85. The van der Waals surface area contributed by atoms with Gasteiger partial charge in [-0.2, -0.15) is 12.8 Å². The van der Waals surface area contributed by atoms with Gasteiger partial charge in [0.1, 0.15) is 0 Å². The molecule has 9 heavy (non-hydrogen) atoms. The molecule has 0 bridgehead atoms. The minimum atomic E-state index is 0.478. The van der Waals surface area contributed by atoms with Crippen LogP contribution in [0.5, 0.6) is 0 Å². The lowest BCUT2D eigenvalue weighted by atomic mass is 10.0. The van der Waals surface area contributed by atoms with Gasteiger partial charge in [-0.05, 0) is 0 Å². The predicted octanol–water partition coefficient (Wildman–Crippen LogP) is 2.96. The van der Waals surface area contributed by atoms with Gasteiger partial charge in [0.25, 0.3) is 0 Å². The third kappa shape index (κ3) is 1.57. The van der Waals surface area contributed by atoms with E-state index < -0.39 is 0 Å². The van der Waals surface area contributed by atoms with Gasteiger partial charge in [0, 0.05) is 5.41 Å². The second kappa shape index (κ2) is 2.17.